The Bertz CT molecular complexity index is 1110. The summed E-state index contributed by atoms with van der Waals surface area (Å²) in [7, 11) is 0. The van der Waals surface area contributed by atoms with E-state index in [0.29, 0.717) is 35.2 Å². The van der Waals surface area contributed by atoms with E-state index in [4.69, 9.17) is 21.1 Å². The van der Waals surface area contributed by atoms with Crippen LogP contribution in [0.3, 0.4) is 0 Å². The largest absolute Gasteiger partial charge is 0.490 e. The molecule has 0 aliphatic rings. The van der Waals surface area contributed by atoms with Gasteiger partial charge < -0.3 is 14.8 Å². The lowest BCUT2D eigenvalue weighted by Crippen LogP contribution is -2.41. The number of hydrogen-bond donors (Lipinski definition) is 3. The number of benzene rings is 3. The van der Waals surface area contributed by atoms with E-state index in [9.17, 15) is 14.4 Å². The third kappa shape index (κ3) is 8.14. The summed E-state index contributed by atoms with van der Waals surface area (Å²) in [6, 6.07) is 22.7. The van der Waals surface area contributed by atoms with Crippen LogP contribution in [-0.2, 0) is 9.59 Å². The Kier molecular flexibility index (Phi) is 9.30. The Labute approximate surface area is 202 Å². The van der Waals surface area contributed by atoms with Gasteiger partial charge in [-0.1, -0.05) is 41.9 Å². The number of amides is 3. The molecule has 0 spiro atoms. The highest BCUT2D eigenvalue weighted by Crippen LogP contribution is 2.20. The number of hydrogen-bond acceptors (Lipinski definition) is 5. The van der Waals surface area contributed by atoms with Crippen molar-refractivity contribution < 1.29 is 23.9 Å². The fraction of sp³-hybridized carbons (Fsp3) is 0.160. The van der Waals surface area contributed by atoms with Crippen LogP contribution in [0.1, 0.15) is 23.2 Å². The third-order valence-corrected chi connectivity index (χ3v) is 4.85. The Hall–Kier alpha value is -4.04. The van der Waals surface area contributed by atoms with E-state index < -0.39 is 11.8 Å². The van der Waals surface area contributed by atoms with Crippen LogP contribution in [0.25, 0.3) is 0 Å². The quantitative estimate of drug-likeness (QED) is 0.300. The Morgan fingerprint density at radius 1 is 0.676 bits per heavy atom. The van der Waals surface area contributed by atoms with Crippen LogP contribution in [0, 0.1) is 0 Å². The molecule has 3 amide bonds. The lowest BCUT2D eigenvalue weighted by Gasteiger charge is -2.10. The molecule has 0 radical (unpaired) electrons. The summed E-state index contributed by atoms with van der Waals surface area (Å²) in [5.41, 5.74) is 5.42. The molecule has 8 nitrogen and oxygen atoms in total. The van der Waals surface area contributed by atoms with E-state index in [1.165, 1.54) is 0 Å². The Morgan fingerprint density at radius 3 is 1.94 bits per heavy atom. The summed E-state index contributed by atoms with van der Waals surface area (Å²) >= 11 is 5.98. The smallest absolute Gasteiger partial charge is 0.269 e. The summed E-state index contributed by atoms with van der Waals surface area (Å²) in [5.74, 6) is -0.00337. The van der Waals surface area contributed by atoms with E-state index in [2.05, 4.69) is 16.2 Å². The van der Waals surface area contributed by atoms with Gasteiger partial charge in [-0.05, 0) is 48.5 Å². The SMILES string of the molecule is O=C(CCC(=O)Nc1ccccc1Cl)NNC(=O)c1ccc(OCCOc2ccccc2)cc1. The normalized spacial score (nSPS) is 10.1. The van der Waals surface area contributed by atoms with Crippen molar-refractivity contribution in [2.75, 3.05) is 18.5 Å². The molecule has 3 rings (SSSR count). The van der Waals surface area contributed by atoms with E-state index >= 15 is 0 Å². The second-order valence-electron chi connectivity index (χ2n) is 7.06. The maximum atomic E-state index is 12.2. The van der Waals surface area contributed by atoms with Crippen molar-refractivity contribution in [3.63, 3.8) is 0 Å². The number of halogens is 1. The van der Waals surface area contributed by atoms with Gasteiger partial charge in [0, 0.05) is 18.4 Å². The first-order valence-corrected chi connectivity index (χ1v) is 10.9. The number of carbonyl (C=O) groups excluding carboxylic acids is 3. The monoisotopic (exact) mass is 481 g/mol. The van der Waals surface area contributed by atoms with Crippen LogP contribution in [0.4, 0.5) is 5.69 Å². The van der Waals surface area contributed by atoms with Gasteiger partial charge in [-0.25, -0.2) is 0 Å². The van der Waals surface area contributed by atoms with Crippen molar-refractivity contribution >= 4 is 35.0 Å². The highest BCUT2D eigenvalue weighted by Gasteiger charge is 2.11. The third-order valence-electron chi connectivity index (χ3n) is 4.52. The maximum absolute atomic E-state index is 12.2. The lowest BCUT2D eigenvalue weighted by molar-refractivity contribution is -0.124. The molecule has 0 fully saturated rings. The van der Waals surface area contributed by atoms with Gasteiger partial charge in [0.05, 0.1) is 10.7 Å². The molecule has 0 bridgehead atoms. The predicted molar refractivity (Wildman–Crippen MR) is 129 cm³/mol. The number of rotatable bonds is 10. The van der Waals surface area contributed by atoms with Crippen LogP contribution in [-0.4, -0.2) is 30.9 Å². The lowest BCUT2D eigenvalue weighted by atomic mass is 10.2. The Morgan fingerprint density at radius 2 is 1.26 bits per heavy atom. The minimum Gasteiger partial charge on any atom is -0.490 e. The van der Waals surface area contributed by atoms with Gasteiger partial charge in [0.1, 0.15) is 24.7 Å². The standard InChI is InChI=1S/C25H24ClN3O5/c26-21-8-4-5-9-22(21)27-23(30)14-15-24(31)28-29-25(32)18-10-12-20(13-11-18)34-17-16-33-19-6-2-1-3-7-19/h1-13H,14-17H2,(H,27,30)(H,28,31)(H,29,32). The number of ether oxygens (including phenoxy) is 2. The van der Waals surface area contributed by atoms with Gasteiger partial charge in [-0.2, -0.15) is 0 Å². The zero-order chi connectivity index (χ0) is 24.2. The molecular weight excluding hydrogens is 458 g/mol. The van der Waals surface area contributed by atoms with Gasteiger partial charge in [0.2, 0.25) is 11.8 Å². The number of carbonyl (C=O) groups is 3. The number of nitrogens with one attached hydrogen (secondary N) is 3. The van der Waals surface area contributed by atoms with Gasteiger partial charge in [-0.3, -0.25) is 25.2 Å². The topological polar surface area (TPSA) is 106 Å². The predicted octanol–water partition coefficient (Wildman–Crippen LogP) is 3.98. The average Bonchev–Trinajstić information content (AvgIpc) is 2.86. The molecule has 3 N–H and O–H groups in total. The van der Waals surface area contributed by atoms with Crippen molar-refractivity contribution in [3.05, 3.63) is 89.4 Å². The van der Waals surface area contributed by atoms with Crippen LogP contribution < -0.4 is 25.6 Å². The van der Waals surface area contributed by atoms with Crippen molar-refractivity contribution in [3.8, 4) is 11.5 Å². The molecule has 34 heavy (non-hydrogen) atoms. The van der Waals surface area contributed by atoms with Gasteiger partial charge >= 0.3 is 0 Å². The summed E-state index contributed by atoms with van der Waals surface area (Å²) in [5, 5.41) is 3.04. The zero-order valence-corrected chi connectivity index (χ0v) is 19.0. The fourth-order valence-corrected chi connectivity index (χ4v) is 2.98. The Balaban J connectivity index is 1.33. The molecule has 0 saturated carbocycles. The van der Waals surface area contributed by atoms with Crippen LogP contribution in [0.5, 0.6) is 11.5 Å². The van der Waals surface area contributed by atoms with E-state index in [-0.39, 0.29) is 18.7 Å². The second kappa shape index (κ2) is 12.9. The highest BCUT2D eigenvalue weighted by atomic mass is 35.5. The summed E-state index contributed by atoms with van der Waals surface area (Å²) < 4.78 is 11.1. The van der Waals surface area contributed by atoms with Crippen molar-refractivity contribution in [2.45, 2.75) is 12.8 Å². The molecule has 0 aliphatic carbocycles. The molecule has 0 atom stereocenters. The van der Waals surface area contributed by atoms with E-state index in [1.54, 1.807) is 48.5 Å². The van der Waals surface area contributed by atoms with Crippen LogP contribution in [0.15, 0.2) is 78.9 Å². The van der Waals surface area contributed by atoms with Gasteiger partial charge in [-0.15, -0.1) is 0 Å². The van der Waals surface area contributed by atoms with E-state index in [0.717, 1.165) is 5.75 Å². The maximum Gasteiger partial charge on any atom is 0.269 e. The molecular formula is C25H24ClN3O5. The van der Waals surface area contributed by atoms with Gasteiger partial charge in [0.25, 0.3) is 5.91 Å². The van der Waals surface area contributed by atoms with Crippen LogP contribution in [0.2, 0.25) is 5.02 Å². The molecule has 0 heterocycles. The van der Waals surface area contributed by atoms with Crippen molar-refractivity contribution in [2.24, 2.45) is 0 Å². The number of hydrazine groups is 1. The molecule has 176 valence electrons. The summed E-state index contributed by atoms with van der Waals surface area (Å²) in [4.78, 5) is 36.1. The first-order chi connectivity index (χ1) is 16.5. The average molecular weight is 482 g/mol. The molecule has 0 aromatic heterocycles. The molecule has 9 heteroatoms. The molecule has 0 aliphatic heterocycles. The first-order valence-electron chi connectivity index (χ1n) is 10.6. The minimum atomic E-state index is -0.499. The molecule has 3 aromatic rings. The van der Waals surface area contributed by atoms with E-state index in [1.807, 2.05) is 30.3 Å². The zero-order valence-electron chi connectivity index (χ0n) is 18.3. The summed E-state index contributed by atoms with van der Waals surface area (Å²) in [6.07, 6.45) is -0.165. The van der Waals surface area contributed by atoms with Crippen molar-refractivity contribution in [1.82, 2.24) is 10.9 Å². The second-order valence-corrected chi connectivity index (χ2v) is 7.47. The molecule has 0 unspecified atom stereocenters. The highest BCUT2D eigenvalue weighted by molar-refractivity contribution is 6.33. The minimum absolute atomic E-state index is 0.0626. The molecule has 0 saturated heterocycles. The molecule has 3 aromatic carbocycles. The van der Waals surface area contributed by atoms with Gasteiger partial charge in [0.15, 0.2) is 0 Å². The fourth-order valence-electron chi connectivity index (χ4n) is 2.80. The number of para-hydroxylation sites is 2. The summed E-state index contributed by atoms with van der Waals surface area (Å²) in [6.45, 7) is 0.731. The number of anilines is 1. The van der Waals surface area contributed by atoms with Crippen molar-refractivity contribution in [1.29, 1.82) is 0 Å². The van der Waals surface area contributed by atoms with Crippen LogP contribution >= 0.6 is 11.6 Å². The first kappa shape index (κ1) is 24.6.